The summed E-state index contributed by atoms with van der Waals surface area (Å²) in [4.78, 5) is 18.1. The monoisotopic (exact) mass is 254 g/mol. The number of amides is 1. The van der Waals surface area contributed by atoms with Crippen molar-refractivity contribution in [3.63, 3.8) is 0 Å². The van der Waals surface area contributed by atoms with Gasteiger partial charge in [0.05, 0.1) is 5.75 Å². The third-order valence-electron chi connectivity index (χ3n) is 2.95. The molecule has 0 aromatic carbocycles. The zero-order valence-corrected chi connectivity index (χ0v) is 10.9. The summed E-state index contributed by atoms with van der Waals surface area (Å²) >= 11 is 1.46. The fraction of sp³-hybridized carbons (Fsp3) is 0.727. The maximum absolute atomic E-state index is 12.0. The number of rotatable bonds is 3. The van der Waals surface area contributed by atoms with Crippen molar-refractivity contribution < 1.29 is 4.79 Å². The van der Waals surface area contributed by atoms with Gasteiger partial charge in [0.25, 0.3) is 0 Å². The van der Waals surface area contributed by atoms with Gasteiger partial charge in [-0.15, -0.1) is 0 Å². The fourth-order valence-corrected chi connectivity index (χ4v) is 2.74. The molecular formula is C11H18N4OS. The van der Waals surface area contributed by atoms with Gasteiger partial charge in [0, 0.05) is 20.1 Å². The molecule has 1 aliphatic heterocycles. The molecule has 2 rings (SSSR count). The Kier molecular flexibility index (Phi) is 4.42. The second kappa shape index (κ2) is 6.05. The minimum Gasteiger partial charge on any atom is -0.342 e. The Bertz CT molecular complexity index is 371. The molecule has 1 fully saturated rings. The zero-order chi connectivity index (χ0) is 12.1. The third kappa shape index (κ3) is 3.46. The lowest BCUT2D eigenvalue weighted by atomic mass is 10.2. The number of hydrogen-bond donors (Lipinski definition) is 0. The molecule has 17 heavy (non-hydrogen) atoms. The highest BCUT2D eigenvalue weighted by atomic mass is 32.2. The predicted molar refractivity (Wildman–Crippen MR) is 66.8 cm³/mol. The lowest BCUT2D eigenvalue weighted by molar-refractivity contribution is -0.128. The Hall–Kier alpha value is -1.04. The minimum absolute atomic E-state index is 0.222. The standard InChI is InChI=1S/C11H18N4OS/c1-14-11(12-9-13-14)17-8-10(16)15-6-4-2-3-5-7-15/h9H,2-8H2,1H3. The van der Waals surface area contributed by atoms with Gasteiger partial charge >= 0.3 is 0 Å². The highest BCUT2D eigenvalue weighted by Gasteiger charge is 2.16. The summed E-state index contributed by atoms with van der Waals surface area (Å²) in [6.07, 6.45) is 6.29. The van der Waals surface area contributed by atoms with Gasteiger partial charge in [-0.05, 0) is 12.8 Å². The Balaban J connectivity index is 1.82. The Morgan fingerprint density at radius 2 is 2.06 bits per heavy atom. The van der Waals surface area contributed by atoms with E-state index in [0.29, 0.717) is 5.75 Å². The van der Waals surface area contributed by atoms with Crippen LogP contribution in [0.25, 0.3) is 0 Å². The van der Waals surface area contributed by atoms with E-state index >= 15 is 0 Å². The van der Waals surface area contributed by atoms with Crippen LogP contribution in [-0.2, 0) is 11.8 Å². The molecule has 0 saturated carbocycles. The van der Waals surface area contributed by atoms with Gasteiger partial charge in [0.1, 0.15) is 6.33 Å². The van der Waals surface area contributed by atoms with Gasteiger partial charge in [0.2, 0.25) is 5.91 Å². The summed E-state index contributed by atoms with van der Waals surface area (Å²) in [5.41, 5.74) is 0. The Labute approximate surface area is 106 Å². The first-order valence-electron chi connectivity index (χ1n) is 6.02. The quantitative estimate of drug-likeness (QED) is 0.763. The largest absolute Gasteiger partial charge is 0.342 e. The van der Waals surface area contributed by atoms with Crippen molar-refractivity contribution in [2.45, 2.75) is 30.8 Å². The number of aryl methyl sites for hydroxylation is 1. The van der Waals surface area contributed by atoms with Crippen molar-refractivity contribution in [2.75, 3.05) is 18.8 Å². The number of likely N-dealkylation sites (tertiary alicyclic amines) is 1. The molecular weight excluding hydrogens is 236 g/mol. The zero-order valence-electron chi connectivity index (χ0n) is 10.1. The normalized spacial score (nSPS) is 16.9. The van der Waals surface area contributed by atoms with E-state index in [2.05, 4.69) is 10.1 Å². The van der Waals surface area contributed by atoms with Gasteiger partial charge < -0.3 is 4.90 Å². The molecule has 0 atom stereocenters. The molecule has 0 radical (unpaired) electrons. The van der Waals surface area contributed by atoms with Crippen molar-refractivity contribution in [2.24, 2.45) is 7.05 Å². The molecule has 1 aromatic heterocycles. The van der Waals surface area contributed by atoms with E-state index in [9.17, 15) is 4.79 Å². The molecule has 6 heteroatoms. The molecule has 0 aliphatic carbocycles. The van der Waals surface area contributed by atoms with Crippen molar-refractivity contribution in [3.8, 4) is 0 Å². The van der Waals surface area contributed by atoms with Gasteiger partial charge in [-0.3, -0.25) is 4.79 Å². The molecule has 0 bridgehead atoms. The average molecular weight is 254 g/mol. The summed E-state index contributed by atoms with van der Waals surface area (Å²) in [6, 6.07) is 0. The maximum atomic E-state index is 12.0. The molecule has 94 valence electrons. The average Bonchev–Trinajstić information content (AvgIpc) is 2.58. The predicted octanol–water partition coefficient (Wildman–Crippen LogP) is 1.31. The highest BCUT2D eigenvalue weighted by Crippen LogP contribution is 2.16. The van der Waals surface area contributed by atoms with Crippen molar-refractivity contribution in [3.05, 3.63) is 6.33 Å². The van der Waals surface area contributed by atoms with Crippen LogP contribution in [0.15, 0.2) is 11.5 Å². The number of carbonyl (C=O) groups is 1. The second-order valence-electron chi connectivity index (χ2n) is 4.25. The van der Waals surface area contributed by atoms with Crippen LogP contribution in [0.3, 0.4) is 0 Å². The first-order chi connectivity index (χ1) is 8.27. The topological polar surface area (TPSA) is 51.0 Å². The van der Waals surface area contributed by atoms with E-state index in [1.807, 2.05) is 11.9 Å². The molecule has 1 aliphatic rings. The first-order valence-corrected chi connectivity index (χ1v) is 7.00. The van der Waals surface area contributed by atoms with Gasteiger partial charge in [-0.1, -0.05) is 24.6 Å². The molecule has 0 N–H and O–H groups in total. The van der Waals surface area contributed by atoms with Crippen molar-refractivity contribution in [1.82, 2.24) is 19.7 Å². The molecule has 1 saturated heterocycles. The second-order valence-corrected chi connectivity index (χ2v) is 5.19. The van der Waals surface area contributed by atoms with Crippen LogP contribution in [0.2, 0.25) is 0 Å². The van der Waals surface area contributed by atoms with E-state index in [0.717, 1.165) is 31.1 Å². The van der Waals surface area contributed by atoms with Gasteiger partial charge in [-0.25, -0.2) is 9.67 Å². The van der Waals surface area contributed by atoms with Crippen LogP contribution in [-0.4, -0.2) is 44.4 Å². The number of aromatic nitrogens is 3. The highest BCUT2D eigenvalue weighted by molar-refractivity contribution is 7.99. The van der Waals surface area contributed by atoms with Crippen LogP contribution >= 0.6 is 11.8 Å². The van der Waals surface area contributed by atoms with E-state index in [-0.39, 0.29) is 5.91 Å². The minimum atomic E-state index is 0.222. The summed E-state index contributed by atoms with van der Waals surface area (Å²) in [6.45, 7) is 1.83. The van der Waals surface area contributed by atoms with Crippen LogP contribution in [0.1, 0.15) is 25.7 Å². The van der Waals surface area contributed by atoms with E-state index in [4.69, 9.17) is 0 Å². The summed E-state index contributed by atoms with van der Waals surface area (Å²) in [5, 5.41) is 4.78. The maximum Gasteiger partial charge on any atom is 0.233 e. The molecule has 0 spiro atoms. The smallest absolute Gasteiger partial charge is 0.233 e. The first kappa shape index (κ1) is 12.4. The molecule has 1 amide bonds. The fourth-order valence-electron chi connectivity index (χ4n) is 1.95. The summed E-state index contributed by atoms with van der Waals surface area (Å²) in [7, 11) is 1.84. The number of carbonyl (C=O) groups excluding carboxylic acids is 1. The summed E-state index contributed by atoms with van der Waals surface area (Å²) in [5.74, 6) is 0.687. The van der Waals surface area contributed by atoms with Gasteiger partial charge in [0.15, 0.2) is 5.16 Å². The molecule has 1 aromatic rings. The number of thioether (sulfide) groups is 1. The van der Waals surface area contributed by atoms with Crippen LogP contribution in [0, 0.1) is 0 Å². The number of hydrogen-bond acceptors (Lipinski definition) is 4. The summed E-state index contributed by atoms with van der Waals surface area (Å²) < 4.78 is 1.69. The number of nitrogens with zero attached hydrogens (tertiary/aromatic N) is 4. The van der Waals surface area contributed by atoms with Crippen molar-refractivity contribution >= 4 is 17.7 Å². The Morgan fingerprint density at radius 1 is 1.35 bits per heavy atom. The molecule has 2 heterocycles. The van der Waals surface area contributed by atoms with Gasteiger partial charge in [-0.2, -0.15) is 5.10 Å². The van der Waals surface area contributed by atoms with Crippen LogP contribution in [0.4, 0.5) is 0 Å². The third-order valence-corrected chi connectivity index (χ3v) is 3.97. The Morgan fingerprint density at radius 3 is 2.65 bits per heavy atom. The van der Waals surface area contributed by atoms with E-state index < -0.39 is 0 Å². The molecule has 0 unspecified atom stereocenters. The lowest BCUT2D eigenvalue weighted by Gasteiger charge is -2.19. The lowest BCUT2D eigenvalue weighted by Crippen LogP contribution is -2.33. The van der Waals surface area contributed by atoms with Crippen LogP contribution < -0.4 is 0 Å². The van der Waals surface area contributed by atoms with E-state index in [1.165, 1.54) is 30.9 Å². The van der Waals surface area contributed by atoms with Crippen LogP contribution in [0.5, 0.6) is 0 Å². The SMILES string of the molecule is Cn1ncnc1SCC(=O)N1CCCCCC1. The van der Waals surface area contributed by atoms with E-state index in [1.54, 1.807) is 4.68 Å². The van der Waals surface area contributed by atoms with Crippen molar-refractivity contribution in [1.29, 1.82) is 0 Å². The molecule has 5 nitrogen and oxygen atoms in total.